The van der Waals surface area contributed by atoms with Crippen LogP contribution in [0.15, 0.2) is 18.2 Å². The van der Waals surface area contributed by atoms with Crippen molar-refractivity contribution in [1.29, 1.82) is 0 Å². The minimum Gasteiger partial charge on any atom is -0.396 e. The Balaban J connectivity index is 0.00000361. The number of anilines is 2. The van der Waals surface area contributed by atoms with Crippen LogP contribution in [0, 0.1) is 10.1 Å². The van der Waals surface area contributed by atoms with Crippen LogP contribution in [-0.4, -0.2) is 48.5 Å². The lowest BCUT2D eigenvalue weighted by Gasteiger charge is -2.18. The maximum atomic E-state index is 11.0. The van der Waals surface area contributed by atoms with Crippen molar-refractivity contribution in [3.05, 3.63) is 28.3 Å². The van der Waals surface area contributed by atoms with Gasteiger partial charge in [-0.1, -0.05) is 0 Å². The summed E-state index contributed by atoms with van der Waals surface area (Å²) in [5.41, 5.74) is 1.09. The number of aliphatic hydroxyl groups excluding tert-OH is 2. The number of aliphatic hydroxyl groups is 2. The lowest BCUT2D eigenvalue weighted by molar-refractivity contribution is -0.383. The molecule has 1 aromatic rings. The molecule has 0 spiro atoms. The summed E-state index contributed by atoms with van der Waals surface area (Å²) in [7, 11) is 1.76. The number of benzene rings is 1. The largest absolute Gasteiger partial charge is 0.396 e. The average molecular weight is 306 g/mol. The van der Waals surface area contributed by atoms with Crippen molar-refractivity contribution >= 4 is 29.5 Å². The van der Waals surface area contributed by atoms with Crippen LogP contribution in [0.4, 0.5) is 17.1 Å². The fourth-order valence-electron chi connectivity index (χ4n) is 1.64. The van der Waals surface area contributed by atoms with Crippen molar-refractivity contribution in [2.75, 3.05) is 43.6 Å². The van der Waals surface area contributed by atoms with Crippen molar-refractivity contribution in [3.8, 4) is 0 Å². The topological polar surface area (TPSA) is 98.9 Å². The van der Waals surface area contributed by atoms with Crippen LogP contribution in [0.2, 0.25) is 0 Å². The highest BCUT2D eigenvalue weighted by Crippen LogP contribution is 2.29. The first-order chi connectivity index (χ1) is 9.10. The maximum absolute atomic E-state index is 11.0. The van der Waals surface area contributed by atoms with Crippen LogP contribution in [0.1, 0.15) is 6.42 Å². The summed E-state index contributed by atoms with van der Waals surface area (Å²) in [6.45, 7) is 0.913. The standard InChI is InChI=1S/C12H19N3O4.ClH/c1-14(6-8-17)10-3-4-11(13-5-2-7-16)12(9-10)15(18)19;/h3-4,9,13,16-17H,2,5-8H2,1H3;1H. The van der Waals surface area contributed by atoms with E-state index in [9.17, 15) is 10.1 Å². The lowest BCUT2D eigenvalue weighted by Crippen LogP contribution is -2.21. The third kappa shape index (κ3) is 5.20. The van der Waals surface area contributed by atoms with E-state index in [4.69, 9.17) is 10.2 Å². The number of hydrogen-bond donors (Lipinski definition) is 3. The van der Waals surface area contributed by atoms with E-state index in [0.29, 0.717) is 30.9 Å². The predicted molar refractivity (Wildman–Crippen MR) is 80.9 cm³/mol. The molecule has 0 radical (unpaired) electrons. The Morgan fingerprint density at radius 3 is 2.60 bits per heavy atom. The molecule has 0 aromatic heterocycles. The quantitative estimate of drug-likeness (QED) is 0.380. The third-order valence-electron chi connectivity index (χ3n) is 2.70. The minimum absolute atomic E-state index is 0. The van der Waals surface area contributed by atoms with Gasteiger partial charge in [-0.15, -0.1) is 12.4 Å². The zero-order valence-electron chi connectivity index (χ0n) is 11.3. The van der Waals surface area contributed by atoms with Gasteiger partial charge < -0.3 is 20.4 Å². The molecule has 114 valence electrons. The Morgan fingerprint density at radius 1 is 1.35 bits per heavy atom. The van der Waals surface area contributed by atoms with Crippen molar-refractivity contribution < 1.29 is 15.1 Å². The van der Waals surface area contributed by atoms with Gasteiger partial charge in [0.2, 0.25) is 0 Å². The van der Waals surface area contributed by atoms with E-state index in [1.54, 1.807) is 24.1 Å². The van der Waals surface area contributed by atoms with Gasteiger partial charge in [-0.05, 0) is 18.6 Å². The van der Waals surface area contributed by atoms with Crippen LogP contribution >= 0.6 is 12.4 Å². The zero-order chi connectivity index (χ0) is 14.3. The van der Waals surface area contributed by atoms with Crippen molar-refractivity contribution in [3.63, 3.8) is 0 Å². The van der Waals surface area contributed by atoms with E-state index >= 15 is 0 Å². The first kappa shape index (κ1) is 18.4. The fourth-order valence-corrected chi connectivity index (χ4v) is 1.64. The lowest BCUT2D eigenvalue weighted by atomic mass is 10.2. The highest BCUT2D eigenvalue weighted by atomic mass is 35.5. The van der Waals surface area contributed by atoms with Crippen LogP contribution in [0.25, 0.3) is 0 Å². The van der Waals surface area contributed by atoms with E-state index in [2.05, 4.69) is 5.32 Å². The smallest absolute Gasteiger partial charge is 0.294 e. The second-order valence-electron chi connectivity index (χ2n) is 4.11. The van der Waals surface area contributed by atoms with E-state index < -0.39 is 4.92 Å². The molecule has 0 aliphatic rings. The van der Waals surface area contributed by atoms with Crippen LogP contribution < -0.4 is 10.2 Å². The molecule has 0 bridgehead atoms. The van der Waals surface area contributed by atoms with Gasteiger partial charge in [0.05, 0.1) is 11.5 Å². The molecule has 0 saturated carbocycles. The normalized spacial score (nSPS) is 9.75. The molecule has 0 amide bonds. The first-order valence-electron chi connectivity index (χ1n) is 6.05. The molecule has 0 atom stereocenters. The number of likely N-dealkylation sites (N-methyl/N-ethyl adjacent to an activating group) is 1. The van der Waals surface area contributed by atoms with Crippen LogP contribution in [0.5, 0.6) is 0 Å². The molecule has 7 nitrogen and oxygen atoms in total. The van der Waals surface area contributed by atoms with E-state index in [1.165, 1.54) is 6.07 Å². The second kappa shape index (κ2) is 9.35. The molecule has 0 unspecified atom stereocenters. The Labute approximate surface area is 123 Å². The molecule has 0 aliphatic carbocycles. The highest BCUT2D eigenvalue weighted by molar-refractivity contribution is 5.85. The average Bonchev–Trinajstić information content (AvgIpc) is 2.39. The molecule has 8 heteroatoms. The minimum atomic E-state index is -0.447. The van der Waals surface area contributed by atoms with Crippen molar-refractivity contribution in [2.45, 2.75) is 6.42 Å². The molecule has 1 rings (SSSR count). The number of halogens is 1. The Kier molecular flexibility index (Phi) is 8.62. The van der Waals surface area contributed by atoms with E-state index in [0.717, 1.165) is 0 Å². The molecule has 20 heavy (non-hydrogen) atoms. The summed E-state index contributed by atoms with van der Waals surface area (Å²) in [5.74, 6) is 0. The molecule has 0 heterocycles. The molecule has 3 N–H and O–H groups in total. The van der Waals surface area contributed by atoms with Gasteiger partial charge >= 0.3 is 0 Å². The fraction of sp³-hybridized carbons (Fsp3) is 0.500. The second-order valence-corrected chi connectivity index (χ2v) is 4.11. The first-order valence-corrected chi connectivity index (χ1v) is 6.05. The third-order valence-corrected chi connectivity index (χ3v) is 2.70. The molecular weight excluding hydrogens is 286 g/mol. The van der Waals surface area contributed by atoms with Crippen molar-refractivity contribution in [1.82, 2.24) is 0 Å². The Bertz CT molecular complexity index is 431. The number of hydrogen-bond acceptors (Lipinski definition) is 6. The summed E-state index contributed by atoms with van der Waals surface area (Å²) >= 11 is 0. The number of nitrogens with one attached hydrogen (secondary N) is 1. The molecule has 0 saturated heterocycles. The zero-order valence-corrected chi connectivity index (χ0v) is 12.1. The maximum Gasteiger partial charge on any atom is 0.294 e. The van der Waals surface area contributed by atoms with Gasteiger partial charge in [0.25, 0.3) is 5.69 Å². The Hall–Kier alpha value is -1.57. The van der Waals surface area contributed by atoms with Gasteiger partial charge in [0.1, 0.15) is 5.69 Å². The molecule has 1 aromatic carbocycles. The summed E-state index contributed by atoms with van der Waals surface area (Å²) in [4.78, 5) is 12.3. The molecule has 0 fully saturated rings. The van der Waals surface area contributed by atoms with Crippen LogP contribution in [0.3, 0.4) is 0 Å². The summed E-state index contributed by atoms with van der Waals surface area (Å²) < 4.78 is 0. The van der Waals surface area contributed by atoms with Gasteiger partial charge in [0, 0.05) is 38.5 Å². The number of nitro benzene ring substituents is 1. The van der Waals surface area contributed by atoms with E-state index in [-0.39, 0.29) is 31.3 Å². The SMILES string of the molecule is CN(CCO)c1ccc(NCCCO)c([N+](=O)[O-])c1.Cl. The molecular formula is C12H20ClN3O4. The van der Waals surface area contributed by atoms with Gasteiger partial charge in [-0.2, -0.15) is 0 Å². The van der Waals surface area contributed by atoms with Crippen molar-refractivity contribution in [2.24, 2.45) is 0 Å². The predicted octanol–water partition coefficient (Wildman–Crippen LogP) is 1.24. The number of nitro groups is 1. The Morgan fingerprint density at radius 2 is 2.05 bits per heavy atom. The van der Waals surface area contributed by atoms with Gasteiger partial charge in [-0.25, -0.2) is 0 Å². The summed E-state index contributed by atoms with van der Waals surface area (Å²) in [5, 5.41) is 31.5. The van der Waals surface area contributed by atoms with Gasteiger partial charge in [-0.3, -0.25) is 10.1 Å². The highest BCUT2D eigenvalue weighted by Gasteiger charge is 2.15. The molecule has 0 aliphatic heterocycles. The summed E-state index contributed by atoms with van der Waals surface area (Å²) in [6, 6.07) is 4.86. The van der Waals surface area contributed by atoms with E-state index in [1.807, 2.05) is 0 Å². The summed E-state index contributed by atoms with van der Waals surface area (Å²) in [6.07, 6.45) is 0.531. The van der Waals surface area contributed by atoms with Gasteiger partial charge in [0.15, 0.2) is 0 Å². The number of nitrogens with zero attached hydrogens (tertiary/aromatic N) is 2. The number of rotatable bonds is 8. The monoisotopic (exact) mass is 305 g/mol. The van der Waals surface area contributed by atoms with Crippen LogP contribution in [-0.2, 0) is 0 Å².